The van der Waals surface area contributed by atoms with Crippen LogP contribution in [0.2, 0.25) is 0 Å². The van der Waals surface area contributed by atoms with Gasteiger partial charge in [0.25, 0.3) is 0 Å². The first kappa shape index (κ1) is 16.7. The smallest absolute Gasteiger partial charge is 0.0656 e. The standard InChI is InChI=1S/C26H18N4/c1-3-7-19-17(5-1)9-11-21(23-13-15-27-29-23)25(19)26-20-8-4-2-6-18(20)10-12-22(26)24-14-16-28-30-24/h1-16H,(H,27,29)(H,28,30). The van der Waals surface area contributed by atoms with Crippen LogP contribution in [-0.2, 0) is 0 Å². The van der Waals surface area contributed by atoms with Crippen LogP contribution >= 0.6 is 0 Å². The third-order valence-electron chi connectivity index (χ3n) is 5.69. The Kier molecular flexibility index (Phi) is 3.74. The summed E-state index contributed by atoms with van der Waals surface area (Å²) in [5, 5.41) is 19.6. The molecule has 142 valence electrons. The lowest BCUT2D eigenvalue weighted by atomic mass is 9.85. The van der Waals surface area contributed by atoms with Crippen LogP contribution < -0.4 is 0 Å². The zero-order chi connectivity index (χ0) is 19.9. The zero-order valence-corrected chi connectivity index (χ0v) is 16.1. The highest BCUT2D eigenvalue weighted by atomic mass is 15.1. The second-order valence-electron chi connectivity index (χ2n) is 7.36. The number of hydrogen-bond donors (Lipinski definition) is 2. The van der Waals surface area contributed by atoms with Crippen LogP contribution in [0.15, 0.2) is 97.3 Å². The van der Waals surface area contributed by atoms with Crippen molar-refractivity contribution in [2.45, 2.75) is 0 Å². The number of fused-ring (bicyclic) bond motifs is 2. The van der Waals surface area contributed by atoms with E-state index in [4.69, 9.17) is 0 Å². The molecule has 0 fully saturated rings. The summed E-state index contributed by atoms with van der Waals surface area (Å²) in [5.74, 6) is 0. The first-order valence-electron chi connectivity index (χ1n) is 9.93. The fourth-order valence-corrected chi connectivity index (χ4v) is 4.34. The fourth-order valence-electron chi connectivity index (χ4n) is 4.34. The molecule has 0 spiro atoms. The number of nitrogens with one attached hydrogen (secondary N) is 2. The van der Waals surface area contributed by atoms with Crippen molar-refractivity contribution in [3.05, 3.63) is 97.3 Å². The molecular formula is C26H18N4. The van der Waals surface area contributed by atoms with Crippen LogP contribution in [0.25, 0.3) is 55.2 Å². The van der Waals surface area contributed by atoms with E-state index in [1.54, 1.807) is 12.4 Å². The Morgan fingerprint density at radius 2 is 0.933 bits per heavy atom. The van der Waals surface area contributed by atoms with Crippen molar-refractivity contribution in [1.82, 2.24) is 20.4 Å². The molecular weight excluding hydrogens is 368 g/mol. The van der Waals surface area contributed by atoms with Crippen molar-refractivity contribution in [3.8, 4) is 33.6 Å². The van der Waals surface area contributed by atoms with Crippen molar-refractivity contribution in [2.75, 3.05) is 0 Å². The molecule has 0 atom stereocenters. The van der Waals surface area contributed by atoms with Gasteiger partial charge in [0.2, 0.25) is 0 Å². The molecule has 2 aromatic heterocycles. The number of H-pyrrole nitrogens is 2. The van der Waals surface area contributed by atoms with Gasteiger partial charge in [-0.25, -0.2) is 0 Å². The number of rotatable bonds is 3. The molecule has 0 bridgehead atoms. The molecule has 0 unspecified atom stereocenters. The van der Waals surface area contributed by atoms with E-state index in [0.29, 0.717) is 0 Å². The van der Waals surface area contributed by atoms with Crippen LogP contribution in [0.4, 0.5) is 0 Å². The van der Waals surface area contributed by atoms with Gasteiger partial charge in [0, 0.05) is 34.6 Å². The van der Waals surface area contributed by atoms with E-state index in [2.05, 4.69) is 93.2 Å². The maximum absolute atomic E-state index is 4.21. The number of aromatic amines is 2. The summed E-state index contributed by atoms with van der Waals surface area (Å²) in [4.78, 5) is 0. The summed E-state index contributed by atoms with van der Waals surface area (Å²) < 4.78 is 0. The molecule has 0 aliphatic rings. The summed E-state index contributed by atoms with van der Waals surface area (Å²) in [6.45, 7) is 0. The SMILES string of the molecule is c1ccc2c(-c3c(-c4ccn[nH]4)ccc4ccccc34)c(-c3ccn[nH]3)ccc2c1. The van der Waals surface area contributed by atoms with E-state index in [9.17, 15) is 0 Å². The van der Waals surface area contributed by atoms with Crippen molar-refractivity contribution < 1.29 is 0 Å². The molecule has 0 radical (unpaired) electrons. The molecule has 0 aliphatic heterocycles. The van der Waals surface area contributed by atoms with Crippen LogP contribution in [0, 0.1) is 0 Å². The third kappa shape index (κ3) is 2.54. The predicted molar refractivity (Wildman–Crippen MR) is 122 cm³/mol. The van der Waals surface area contributed by atoms with Gasteiger partial charge in [-0.3, -0.25) is 10.2 Å². The Morgan fingerprint density at radius 3 is 1.37 bits per heavy atom. The largest absolute Gasteiger partial charge is 0.278 e. The quantitative estimate of drug-likeness (QED) is 0.368. The molecule has 30 heavy (non-hydrogen) atoms. The normalized spacial score (nSPS) is 11.3. The lowest BCUT2D eigenvalue weighted by molar-refractivity contribution is 1.09. The van der Waals surface area contributed by atoms with Gasteiger partial charge >= 0.3 is 0 Å². The summed E-state index contributed by atoms with van der Waals surface area (Å²) in [7, 11) is 0. The zero-order valence-electron chi connectivity index (χ0n) is 16.1. The molecule has 2 heterocycles. The Bertz CT molecular complexity index is 1360. The van der Waals surface area contributed by atoms with Gasteiger partial charge in [-0.15, -0.1) is 0 Å². The lowest BCUT2D eigenvalue weighted by Gasteiger charge is -2.18. The van der Waals surface area contributed by atoms with Gasteiger partial charge in [-0.2, -0.15) is 10.2 Å². The topological polar surface area (TPSA) is 57.4 Å². The van der Waals surface area contributed by atoms with Crippen molar-refractivity contribution >= 4 is 21.5 Å². The van der Waals surface area contributed by atoms with E-state index >= 15 is 0 Å². The number of benzene rings is 4. The van der Waals surface area contributed by atoms with E-state index in [0.717, 1.165) is 22.5 Å². The van der Waals surface area contributed by atoms with Gasteiger partial charge in [0.1, 0.15) is 0 Å². The Labute approximate surface area is 173 Å². The van der Waals surface area contributed by atoms with Crippen molar-refractivity contribution in [3.63, 3.8) is 0 Å². The lowest BCUT2D eigenvalue weighted by Crippen LogP contribution is -1.93. The minimum atomic E-state index is 0.999. The molecule has 2 N–H and O–H groups in total. The molecule has 4 aromatic carbocycles. The van der Waals surface area contributed by atoms with Gasteiger partial charge < -0.3 is 0 Å². The predicted octanol–water partition coefficient (Wildman–Crippen LogP) is 6.44. The maximum Gasteiger partial charge on any atom is 0.0656 e. The van der Waals surface area contributed by atoms with E-state index in [1.165, 1.54) is 32.7 Å². The van der Waals surface area contributed by atoms with Crippen molar-refractivity contribution in [1.29, 1.82) is 0 Å². The summed E-state index contributed by atoms with van der Waals surface area (Å²) in [6, 6.07) is 29.9. The van der Waals surface area contributed by atoms with Crippen molar-refractivity contribution in [2.24, 2.45) is 0 Å². The summed E-state index contributed by atoms with van der Waals surface area (Å²) in [5.41, 5.74) is 6.64. The van der Waals surface area contributed by atoms with E-state index in [-0.39, 0.29) is 0 Å². The fraction of sp³-hybridized carbons (Fsp3) is 0. The van der Waals surface area contributed by atoms with Gasteiger partial charge in [-0.05, 0) is 33.7 Å². The minimum Gasteiger partial charge on any atom is -0.278 e. The highest BCUT2D eigenvalue weighted by molar-refractivity contribution is 6.14. The number of hydrogen-bond acceptors (Lipinski definition) is 2. The first-order valence-corrected chi connectivity index (χ1v) is 9.93. The number of aromatic nitrogens is 4. The average Bonchev–Trinajstić information content (AvgIpc) is 3.52. The van der Waals surface area contributed by atoms with Gasteiger partial charge in [0.05, 0.1) is 11.4 Å². The molecule has 4 nitrogen and oxygen atoms in total. The molecule has 6 aromatic rings. The second kappa shape index (κ2) is 6.71. The Hall–Kier alpha value is -4.18. The molecule has 4 heteroatoms. The van der Waals surface area contributed by atoms with Gasteiger partial charge in [-0.1, -0.05) is 72.8 Å². The Morgan fingerprint density at radius 1 is 0.467 bits per heavy atom. The van der Waals surface area contributed by atoms with Gasteiger partial charge in [0.15, 0.2) is 0 Å². The highest BCUT2D eigenvalue weighted by Crippen LogP contribution is 2.45. The molecule has 0 amide bonds. The van der Waals surface area contributed by atoms with E-state index in [1.807, 2.05) is 12.1 Å². The van der Waals surface area contributed by atoms with Crippen LogP contribution in [-0.4, -0.2) is 20.4 Å². The van der Waals surface area contributed by atoms with Crippen LogP contribution in [0.3, 0.4) is 0 Å². The summed E-state index contributed by atoms with van der Waals surface area (Å²) in [6.07, 6.45) is 3.60. The first-order chi connectivity index (χ1) is 14.9. The summed E-state index contributed by atoms with van der Waals surface area (Å²) >= 11 is 0. The van der Waals surface area contributed by atoms with E-state index < -0.39 is 0 Å². The average molecular weight is 386 g/mol. The monoisotopic (exact) mass is 386 g/mol. The molecule has 6 rings (SSSR count). The Balaban J connectivity index is 1.83. The maximum atomic E-state index is 4.21. The molecule has 0 saturated carbocycles. The van der Waals surface area contributed by atoms with Crippen LogP contribution in [0.1, 0.15) is 0 Å². The number of nitrogens with zero attached hydrogens (tertiary/aromatic N) is 2. The molecule has 0 saturated heterocycles. The molecule has 0 aliphatic carbocycles. The minimum absolute atomic E-state index is 0.999. The second-order valence-corrected chi connectivity index (χ2v) is 7.36. The highest BCUT2D eigenvalue weighted by Gasteiger charge is 2.19. The van der Waals surface area contributed by atoms with Crippen LogP contribution in [0.5, 0.6) is 0 Å². The third-order valence-corrected chi connectivity index (χ3v) is 5.69.